The molecule has 0 aromatic heterocycles. The molecular formula is C12H25N3O. The van der Waals surface area contributed by atoms with Crippen LogP contribution in [0.5, 0.6) is 0 Å². The lowest BCUT2D eigenvalue weighted by Gasteiger charge is -2.31. The fourth-order valence-corrected chi connectivity index (χ4v) is 2.23. The monoisotopic (exact) mass is 227 g/mol. The number of hydrogen-bond donors (Lipinski definition) is 2. The summed E-state index contributed by atoms with van der Waals surface area (Å²) in [4.78, 5) is 13.5. The molecule has 0 saturated carbocycles. The molecule has 0 unspecified atom stereocenters. The molecule has 1 heterocycles. The maximum atomic E-state index is 11.1. The summed E-state index contributed by atoms with van der Waals surface area (Å²) in [5.74, 6) is 1.03. The van der Waals surface area contributed by atoms with E-state index in [9.17, 15) is 4.79 Å². The Labute approximate surface area is 98.8 Å². The zero-order valence-corrected chi connectivity index (χ0v) is 10.6. The van der Waals surface area contributed by atoms with Crippen LogP contribution in [-0.4, -0.2) is 51.1 Å². The highest BCUT2D eigenvalue weighted by molar-refractivity contribution is 5.75. The first kappa shape index (κ1) is 13.5. The van der Waals surface area contributed by atoms with Gasteiger partial charge < -0.3 is 15.5 Å². The smallest absolute Gasteiger partial charge is 0.221 e. The van der Waals surface area contributed by atoms with Gasteiger partial charge in [0.05, 0.1) is 0 Å². The maximum Gasteiger partial charge on any atom is 0.221 e. The van der Waals surface area contributed by atoms with Gasteiger partial charge in [0.15, 0.2) is 0 Å². The van der Waals surface area contributed by atoms with E-state index in [0.29, 0.717) is 6.42 Å². The zero-order chi connectivity index (χ0) is 11.8. The van der Waals surface area contributed by atoms with Crippen LogP contribution in [0.15, 0.2) is 0 Å². The molecule has 94 valence electrons. The first-order valence-electron chi connectivity index (χ1n) is 6.33. The van der Waals surface area contributed by atoms with Gasteiger partial charge in [0, 0.05) is 20.0 Å². The third-order valence-corrected chi connectivity index (χ3v) is 3.44. The van der Waals surface area contributed by atoms with Crippen LogP contribution in [0, 0.1) is 5.92 Å². The average molecular weight is 227 g/mol. The van der Waals surface area contributed by atoms with Crippen LogP contribution in [0.2, 0.25) is 0 Å². The third-order valence-electron chi connectivity index (χ3n) is 3.44. The molecule has 0 radical (unpaired) electrons. The minimum atomic E-state index is 0.150. The fraction of sp³-hybridized carbons (Fsp3) is 0.917. The largest absolute Gasteiger partial charge is 0.359 e. The van der Waals surface area contributed by atoms with Crippen molar-refractivity contribution >= 4 is 5.91 Å². The lowest BCUT2D eigenvalue weighted by atomic mass is 9.93. The molecule has 1 amide bonds. The summed E-state index contributed by atoms with van der Waals surface area (Å²) in [5, 5.41) is 5.87. The Hall–Kier alpha value is -0.610. The molecule has 16 heavy (non-hydrogen) atoms. The zero-order valence-electron chi connectivity index (χ0n) is 10.6. The Morgan fingerprint density at radius 2 is 2.00 bits per heavy atom. The maximum absolute atomic E-state index is 11.1. The average Bonchev–Trinajstić information content (AvgIpc) is 2.34. The highest BCUT2D eigenvalue weighted by atomic mass is 16.1. The van der Waals surface area contributed by atoms with Crippen LogP contribution >= 0.6 is 0 Å². The standard InChI is InChI=1S/C12H25N3O/c1-13-7-3-11-4-8-15(9-5-11)10-6-12(16)14-2/h11,13H,3-10H2,1-2H3,(H,14,16). The highest BCUT2D eigenvalue weighted by Gasteiger charge is 2.18. The van der Waals surface area contributed by atoms with E-state index in [2.05, 4.69) is 15.5 Å². The van der Waals surface area contributed by atoms with E-state index in [1.807, 2.05) is 7.05 Å². The van der Waals surface area contributed by atoms with Crippen LogP contribution in [-0.2, 0) is 4.79 Å². The normalized spacial score (nSPS) is 18.6. The molecule has 0 aromatic carbocycles. The summed E-state index contributed by atoms with van der Waals surface area (Å²) in [6.07, 6.45) is 4.50. The number of nitrogens with one attached hydrogen (secondary N) is 2. The number of piperidine rings is 1. The van der Waals surface area contributed by atoms with Crippen LogP contribution in [0.25, 0.3) is 0 Å². The molecule has 0 spiro atoms. The second-order valence-electron chi connectivity index (χ2n) is 4.60. The Morgan fingerprint density at radius 1 is 1.31 bits per heavy atom. The van der Waals surface area contributed by atoms with E-state index < -0.39 is 0 Å². The topological polar surface area (TPSA) is 44.4 Å². The quantitative estimate of drug-likeness (QED) is 0.692. The number of likely N-dealkylation sites (tertiary alicyclic amines) is 1. The second-order valence-corrected chi connectivity index (χ2v) is 4.60. The molecule has 1 aliphatic heterocycles. The Bertz CT molecular complexity index is 200. The molecular weight excluding hydrogens is 202 g/mol. The first-order valence-corrected chi connectivity index (χ1v) is 6.33. The molecule has 1 aliphatic rings. The molecule has 0 aliphatic carbocycles. The van der Waals surface area contributed by atoms with Gasteiger partial charge in [0.2, 0.25) is 5.91 Å². The van der Waals surface area contributed by atoms with Gasteiger partial charge in [-0.15, -0.1) is 0 Å². The van der Waals surface area contributed by atoms with Crippen molar-refractivity contribution in [1.29, 1.82) is 0 Å². The highest BCUT2D eigenvalue weighted by Crippen LogP contribution is 2.19. The second kappa shape index (κ2) is 7.63. The van der Waals surface area contributed by atoms with Gasteiger partial charge in [-0.3, -0.25) is 4.79 Å². The van der Waals surface area contributed by atoms with Gasteiger partial charge in [-0.05, 0) is 51.9 Å². The molecule has 2 N–H and O–H groups in total. The van der Waals surface area contributed by atoms with Crippen molar-refractivity contribution in [2.45, 2.75) is 25.7 Å². The van der Waals surface area contributed by atoms with Gasteiger partial charge in [-0.25, -0.2) is 0 Å². The summed E-state index contributed by atoms with van der Waals surface area (Å²) in [5.41, 5.74) is 0. The van der Waals surface area contributed by atoms with E-state index in [-0.39, 0.29) is 5.91 Å². The Kier molecular flexibility index (Phi) is 6.42. The molecule has 1 saturated heterocycles. The number of amides is 1. The van der Waals surface area contributed by atoms with Gasteiger partial charge in [0.1, 0.15) is 0 Å². The lowest BCUT2D eigenvalue weighted by molar-refractivity contribution is -0.121. The van der Waals surface area contributed by atoms with Gasteiger partial charge in [-0.1, -0.05) is 0 Å². The summed E-state index contributed by atoms with van der Waals surface area (Å²) in [6.45, 7) is 4.36. The van der Waals surface area contributed by atoms with Crippen LogP contribution < -0.4 is 10.6 Å². The summed E-state index contributed by atoms with van der Waals surface area (Å²) in [6, 6.07) is 0. The van der Waals surface area contributed by atoms with Crippen molar-refractivity contribution in [2.75, 3.05) is 40.3 Å². The van der Waals surface area contributed by atoms with Crippen molar-refractivity contribution < 1.29 is 4.79 Å². The molecule has 4 nitrogen and oxygen atoms in total. The van der Waals surface area contributed by atoms with Gasteiger partial charge in [-0.2, -0.15) is 0 Å². The van der Waals surface area contributed by atoms with Gasteiger partial charge in [0.25, 0.3) is 0 Å². The van der Waals surface area contributed by atoms with Crippen LogP contribution in [0.3, 0.4) is 0 Å². The van der Waals surface area contributed by atoms with Crippen LogP contribution in [0.4, 0.5) is 0 Å². The number of nitrogens with zero attached hydrogens (tertiary/aromatic N) is 1. The molecule has 0 aromatic rings. The number of carbonyl (C=O) groups excluding carboxylic acids is 1. The van der Waals surface area contributed by atoms with Crippen molar-refractivity contribution in [2.24, 2.45) is 5.92 Å². The third kappa shape index (κ3) is 4.94. The molecule has 0 atom stereocenters. The summed E-state index contributed by atoms with van der Waals surface area (Å²) in [7, 11) is 3.71. The Balaban J connectivity index is 2.09. The summed E-state index contributed by atoms with van der Waals surface area (Å²) < 4.78 is 0. The molecule has 0 bridgehead atoms. The van der Waals surface area contributed by atoms with E-state index >= 15 is 0 Å². The van der Waals surface area contributed by atoms with Crippen molar-refractivity contribution in [3.05, 3.63) is 0 Å². The number of hydrogen-bond acceptors (Lipinski definition) is 3. The Morgan fingerprint density at radius 3 is 2.56 bits per heavy atom. The number of rotatable bonds is 6. The van der Waals surface area contributed by atoms with E-state index in [0.717, 1.165) is 32.1 Å². The van der Waals surface area contributed by atoms with E-state index in [1.165, 1.54) is 19.3 Å². The summed E-state index contributed by atoms with van der Waals surface area (Å²) >= 11 is 0. The molecule has 1 rings (SSSR count). The van der Waals surface area contributed by atoms with E-state index in [1.54, 1.807) is 7.05 Å². The fourth-order valence-electron chi connectivity index (χ4n) is 2.23. The minimum absolute atomic E-state index is 0.150. The number of carbonyl (C=O) groups is 1. The van der Waals surface area contributed by atoms with E-state index in [4.69, 9.17) is 0 Å². The van der Waals surface area contributed by atoms with Crippen molar-refractivity contribution in [3.8, 4) is 0 Å². The van der Waals surface area contributed by atoms with Crippen molar-refractivity contribution in [3.63, 3.8) is 0 Å². The molecule has 1 fully saturated rings. The minimum Gasteiger partial charge on any atom is -0.359 e. The first-order chi connectivity index (χ1) is 7.76. The SMILES string of the molecule is CNCCC1CCN(CCC(=O)NC)CC1. The van der Waals surface area contributed by atoms with Crippen molar-refractivity contribution in [1.82, 2.24) is 15.5 Å². The lowest BCUT2D eigenvalue weighted by Crippen LogP contribution is -2.36. The molecule has 4 heteroatoms. The van der Waals surface area contributed by atoms with Crippen LogP contribution in [0.1, 0.15) is 25.7 Å². The predicted octanol–water partition coefficient (Wildman–Crippen LogP) is 0.444. The predicted molar refractivity (Wildman–Crippen MR) is 66.4 cm³/mol. The van der Waals surface area contributed by atoms with Gasteiger partial charge >= 0.3 is 0 Å².